The standard InChI is InChI=1S/C10H18NO7PS/c1-17-19(15,16)3-2-6-11-7-9(14)8(13)5(4-12)18-10(7)20-6/h5,7-10,12-14H,2-4H2,1H3,(H,15,16)/t5-,7-,8-,9-,10?/m1/s1. The van der Waals surface area contributed by atoms with Crippen LogP contribution < -0.4 is 0 Å². The quantitative estimate of drug-likeness (QED) is 0.481. The highest BCUT2D eigenvalue weighted by molar-refractivity contribution is 8.14. The molecule has 1 saturated heterocycles. The number of hydrogen-bond acceptors (Lipinski definition) is 8. The Bertz CT molecular complexity index is 434. The lowest BCUT2D eigenvalue weighted by Crippen LogP contribution is -2.55. The zero-order chi connectivity index (χ0) is 14.9. The second kappa shape index (κ2) is 6.41. The summed E-state index contributed by atoms with van der Waals surface area (Å²) >= 11 is 1.23. The molecule has 0 aromatic heterocycles. The van der Waals surface area contributed by atoms with E-state index in [1.165, 1.54) is 18.9 Å². The third kappa shape index (κ3) is 3.42. The van der Waals surface area contributed by atoms with Gasteiger partial charge in [-0.2, -0.15) is 0 Å². The van der Waals surface area contributed by atoms with Crippen molar-refractivity contribution in [1.29, 1.82) is 0 Å². The number of aliphatic hydroxyl groups excluding tert-OH is 3. The molecule has 10 heteroatoms. The van der Waals surface area contributed by atoms with Crippen molar-refractivity contribution < 1.29 is 34.0 Å². The molecule has 6 atom stereocenters. The van der Waals surface area contributed by atoms with E-state index in [0.717, 1.165) is 0 Å². The van der Waals surface area contributed by atoms with E-state index in [9.17, 15) is 19.7 Å². The lowest BCUT2D eigenvalue weighted by atomic mass is 9.99. The Morgan fingerprint density at radius 2 is 2.15 bits per heavy atom. The van der Waals surface area contributed by atoms with Crippen molar-refractivity contribution in [3.63, 3.8) is 0 Å². The fraction of sp³-hybridized carbons (Fsp3) is 0.900. The van der Waals surface area contributed by atoms with Crippen LogP contribution in [0.1, 0.15) is 6.42 Å². The van der Waals surface area contributed by atoms with Crippen LogP contribution in [0.4, 0.5) is 0 Å². The van der Waals surface area contributed by atoms with E-state index in [4.69, 9.17) is 9.84 Å². The Morgan fingerprint density at radius 1 is 1.45 bits per heavy atom. The second-order valence-corrected chi connectivity index (χ2v) is 7.89. The molecule has 0 aliphatic carbocycles. The molecule has 2 aliphatic rings. The van der Waals surface area contributed by atoms with E-state index in [2.05, 4.69) is 9.52 Å². The summed E-state index contributed by atoms with van der Waals surface area (Å²) in [4.78, 5) is 13.6. The van der Waals surface area contributed by atoms with E-state index >= 15 is 0 Å². The minimum Gasteiger partial charge on any atom is -0.394 e. The molecule has 4 N–H and O–H groups in total. The molecular weight excluding hydrogens is 309 g/mol. The van der Waals surface area contributed by atoms with Crippen LogP contribution in [-0.2, 0) is 13.8 Å². The van der Waals surface area contributed by atoms with Crippen molar-refractivity contribution in [1.82, 2.24) is 0 Å². The van der Waals surface area contributed by atoms with Crippen LogP contribution in [0.15, 0.2) is 4.99 Å². The van der Waals surface area contributed by atoms with E-state index in [0.29, 0.717) is 5.04 Å². The van der Waals surface area contributed by atoms with Crippen molar-refractivity contribution in [2.24, 2.45) is 4.99 Å². The molecule has 0 aromatic carbocycles. The van der Waals surface area contributed by atoms with Gasteiger partial charge in [-0.3, -0.25) is 9.56 Å². The summed E-state index contributed by atoms with van der Waals surface area (Å²) in [5, 5.41) is 29.3. The molecule has 2 heterocycles. The van der Waals surface area contributed by atoms with Crippen molar-refractivity contribution >= 4 is 24.4 Å². The maximum absolute atomic E-state index is 11.4. The summed E-state index contributed by atoms with van der Waals surface area (Å²) in [6, 6.07) is -0.631. The molecule has 0 amide bonds. The van der Waals surface area contributed by atoms with Crippen LogP contribution in [0.2, 0.25) is 0 Å². The Balaban J connectivity index is 1.99. The van der Waals surface area contributed by atoms with Crippen LogP contribution in [0.5, 0.6) is 0 Å². The van der Waals surface area contributed by atoms with Crippen LogP contribution in [-0.4, -0.2) is 74.9 Å². The van der Waals surface area contributed by atoms with Gasteiger partial charge in [-0.05, 0) is 0 Å². The van der Waals surface area contributed by atoms with Crippen molar-refractivity contribution in [2.45, 2.75) is 36.2 Å². The number of aliphatic hydroxyl groups is 3. The minimum atomic E-state index is -3.60. The molecule has 0 radical (unpaired) electrons. The summed E-state index contributed by atoms with van der Waals surface area (Å²) < 4.78 is 21.3. The summed E-state index contributed by atoms with van der Waals surface area (Å²) in [6.07, 6.45) is -3.02. The highest BCUT2D eigenvalue weighted by Crippen LogP contribution is 2.44. The monoisotopic (exact) mass is 327 g/mol. The fourth-order valence-electron chi connectivity index (χ4n) is 2.08. The van der Waals surface area contributed by atoms with Crippen molar-refractivity contribution in [2.75, 3.05) is 19.9 Å². The van der Waals surface area contributed by atoms with Gasteiger partial charge in [0, 0.05) is 13.5 Å². The minimum absolute atomic E-state index is 0.0726. The van der Waals surface area contributed by atoms with Crippen LogP contribution in [0, 0.1) is 0 Å². The highest BCUT2D eigenvalue weighted by atomic mass is 32.2. The number of aliphatic imine (C=N–C) groups is 1. The van der Waals surface area contributed by atoms with Gasteiger partial charge in [-0.1, -0.05) is 11.8 Å². The number of rotatable bonds is 5. The molecule has 2 aliphatic heterocycles. The van der Waals surface area contributed by atoms with Crippen molar-refractivity contribution in [3.05, 3.63) is 0 Å². The van der Waals surface area contributed by atoms with Gasteiger partial charge in [0.15, 0.2) is 0 Å². The molecular formula is C10H18NO7PS. The lowest BCUT2D eigenvalue weighted by molar-refractivity contribution is -0.164. The number of hydrogen-bond donors (Lipinski definition) is 4. The van der Waals surface area contributed by atoms with Gasteiger partial charge < -0.3 is 29.5 Å². The molecule has 8 nitrogen and oxygen atoms in total. The molecule has 0 saturated carbocycles. The van der Waals surface area contributed by atoms with Crippen molar-refractivity contribution in [3.8, 4) is 0 Å². The maximum Gasteiger partial charge on any atom is 0.328 e. The predicted octanol–water partition coefficient (Wildman–Crippen LogP) is -0.839. The molecule has 0 bridgehead atoms. The topological polar surface area (TPSA) is 129 Å². The molecule has 116 valence electrons. The largest absolute Gasteiger partial charge is 0.394 e. The Labute approximate surface area is 120 Å². The SMILES string of the molecule is COP(=O)(O)CCC1=N[C@H]2C(O[C@H](CO)[C@@H](O)[C@@H]2O)S1. The average Bonchev–Trinajstić information content (AvgIpc) is 2.84. The molecule has 0 aromatic rings. The zero-order valence-electron chi connectivity index (χ0n) is 10.8. The molecule has 20 heavy (non-hydrogen) atoms. The Morgan fingerprint density at radius 3 is 2.75 bits per heavy atom. The van der Waals surface area contributed by atoms with Crippen LogP contribution in [0.25, 0.3) is 0 Å². The van der Waals surface area contributed by atoms with Gasteiger partial charge in [-0.25, -0.2) is 0 Å². The number of thioether (sulfide) groups is 1. The highest BCUT2D eigenvalue weighted by Gasteiger charge is 2.47. The normalized spacial score (nSPS) is 40.0. The molecule has 1 fully saturated rings. The van der Waals surface area contributed by atoms with Gasteiger partial charge in [-0.15, -0.1) is 0 Å². The van der Waals surface area contributed by atoms with Gasteiger partial charge >= 0.3 is 7.60 Å². The fourth-order valence-corrected chi connectivity index (χ4v) is 4.14. The number of ether oxygens (including phenoxy) is 1. The first-order valence-electron chi connectivity index (χ1n) is 6.11. The van der Waals surface area contributed by atoms with E-state index in [1.54, 1.807) is 0 Å². The summed E-state index contributed by atoms with van der Waals surface area (Å²) in [6.45, 7) is -0.396. The molecule has 2 rings (SSSR count). The first-order valence-corrected chi connectivity index (χ1v) is 8.75. The first kappa shape index (κ1) is 16.4. The molecule has 2 unspecified atom stereocenters. The first-order chi connectivity index (χ1) is 9.38. The Kier molecular flexibility index (Phi) is 5.25. The second-order valence-electron chi connectivity index (χ2n) is 4.63. The zero-order valence-corrected chi connectivity index (χ0v) is 12.5. The van der Waals surface area contributed by atoms with E-state index in [1.807, 2.05) is 0 Å². The van der Waals surface area contributed by atoms with Crippen LogP contribution >= 0.6 is 19.4 Å². The van der Waals surface area contributed by atoms with Gasteiger partial charge in [0.1, 0.15) is 29.8 Å². The maximum atomic E-state index is 11.4. The number of nitrogens with zero attached hydrogens (tertiary/aromatic N) is 1. The average molecular weight is 327 g/mol. The van der Waals surface area contributed by atoms with E-state index < -0.39 is 44.0 Å². The van der Waals surface area contributed by atoms with Gasteiger partial charge in [0.05, 0.1) is 17.8 Å². The predicted molar refractivity (Wildman–Crippen MR) is 72.9 cm³/mol. The van der Waals surface area contributed by atoms with Gasteiger partial charge in [0.2, 0.25) is 0 Å². The summed E-state index contributed by atoms with van der Waals surface area (Å²) in [5.74, 6) is 0. The Hall–Kier alpha value is 0.0100. The lowest BCUT2D eigenvalue weighted by Gasteiger charge is -2.37. The molecule has 0 spiro atoms. The summed E-state index contributed by atoms with van der Waals surface area (Å²) in [5.41, 5.74) is -0.499. The van der Waals surface area contributed by atoms with Gasteiger partial charge in [0.25, 0.3) is 0 Å². The summed E-state index contributed by atoms with van der Waals surface area (Å²) in [7, 11) is -2.43. The smallest absolute Gasteiger partial charge is 0.328 e. The third-order valence-electron chi connectivity index (χ3n) is 3.29. The third-order valence-corrected chi connectivity index (χ3v) is 5.85. The van der Waals surface area contributed by atoms with E-state index in [-0.39, 0.29) is 12.6 Å². The number of fused-ring (bicyclic) bond motifs is 1. The van der Waals surface area contributed by atoms with Crippen LogP contribution in [0.3, 0.4) is 0 Å².